The monoisotopic (exact) mass is 852 g/mol. The van der Waals surface area contributed by atoms with Gasteiger partial charge in [0.25, 0.3) is 0 Å². The molecule has 0 heterocycles. The molecule has 1 atom stereocenters. The predicted octanol–water partition coefficient (Wildman–Crippen LogP) is 17.2. The topological polar surface area (TPSA) is 0 Å². The van der Waals surface area contributed by atoms with Crippen molar-refractivity contribution in [2.75, 3.05) is 0 Å². The number of fused-ring (bicyclic) bond motifs is 4. The van der Waals surface area contributed by atoms with Gasteiger partial charge in [-0.05, 0) is 118 Å². The predicted molar refractivity (Wildman–Crippen MR) is 281 cm³/mol. The number of rotatable bonds is 10. The average molecular weight is 853 g/mol. The summed E-state index contributed by atoms with van der Waals surface area (Å²) in [5.74, 6) is 0.225. The van der Waals surface area contributed by atoms with Crippen molar-refractivity contribution in [2.24, 2.45) is 0 Å². The molecule has 1 aliphatic carbocycles. The van der Waals surface area contributed by atoms with Crippen molar-refractivity contribution in [3.05, 3.63) is 312 Å². The van der Waals surface area contributed by atoms with Crippen molar-refractivity contribution in [3.8, 4) is 55.6 Å². The maximum absolute atomic E-state index is 2.51. The summed E-state index contributed by atoms with van der Waals surface area (Å²) in [5, 5.41) is 2.50. The largest absolute Gasteiger partial charge is 0.0720 e. The Bertz CT molecular complexity index is 3440. The Hall–Kier alpha value is -8.32. The van der Waals surface area contributed by atoms with Crippen LogP contribution in [0, 0.1) is 0 Å². The molecule has 0 bridgehead atoms. The van der Waals surface area contributed by atoms with Crippen molar-refractivity contribution in [1.29, 1.82) is 0 Å². The van der Waals surface area contributed by atoms with Gasteiger partial charge in [0.05, 0.1) is 5.41 Å². The molecule has 0 heteroatoms. The number of hydrogen-bond donors (Lipinski definition) is 0. The second-order valence-electron chi connectivity index (χ2n) is 17.9. The first-order chi connectivity index (χ1) is 33.2. The van der Waals surface area contributed by atoms with E-state index in [0.29, 0.717) is 0 Å². The smallest absolute Gasteiger partial charge is 0.0622 e. The van der Waals surface area contributed by atoms with Crippen molar-refractivity contribution in [2.45, 2.75) is 17.8 Å². The lowest BCUT2D eigenvalue weighted by Crippen LogP contribution is -2.29. The van der Waals surface area contributed by atoms with Crippen molar-refractivity contribution < 1.29 is 0 Å². The summed E-state index contributed by atoms with van der Waals surface area (Å²) < 4.78 is 0. The molecule has 11 aromatic carbocycles. The van der Waals surface area contributed by atoms with E-state index in [0.717, 1.165) is 6.42 Å². The molecule has 0 amide bonds. The highest BCUT2D eigenvalue weighted by molar-refractivity contribution is 6.06. The molecule has 0 aliphatic heterocycles. The average Bonchev–Trinajstić information content (AvgIpc) is 3.72. The van der Waals surface area contributed by atoms with Crippen LogP contribution in [-0.2, 0) is 11.8 Å². The van der Waals surface area contributed by atoms with E-state index in [9.17, 15) is 0 Å². The van der Waals surface area contributed by atoms with Crippen LogP contribution >= 0.6 is 0 Å². The third-order valence-corrected chi connectivity index (χ3v) is 14.2. The van der Waals surface area contributed by atoms with Gasteiger partial charge in [-0.25, -0.2) is 0 Å². The fourth-order valence-electron chi connectivity index (χ4n) is 11.1. The Morgan fingerprint density at radius 1 is 0.313 bits per heavy atom. The molecule has 67 heavy (non-hydrogen) atoms. The molecule has 0 saturated heterocycles. The van der Waals surface area contributed by atoms with Crippen LogP contribution in [0.15, 0.2) is 273 Å². The third-order valence-electron chi connectivity index (χ3n) is 14.2. The molecule has 0 radical (unpaired) electrons. The van der Waals surface area contributed by atoms with E-state index in [2.05, 4.69) is 273 Å². The van der Waals surface area contributed by atoms with E-state index < -0.39 is 5.41 Å². The minimum Gasteiger partial charge on any atom is -0.0622 e. The first-order valence-corrected chi connectivity index (χ1v) is 23.5. The van der Waals surface area contributed by atoms with E-state index in [1.165, 1.54) is 105 Å². The quantitative estimate of drug-likeness (QED) is 0.129. The Morgan fingerprint density at radius 3 is 1.46 bits per heavy atom. The van der Waals surface area contributed by atoms with E-state index in [4.69, 9.17) is 0 Å². The van der Waals surface area contributed by atoms with Gasteiger partial charge >= 0.3 is 0 Å². The normalized spacial score (nSPS) is 12.9. The highest BCUT2D eigenvalue weighted by Crippen LogP contribution is 2.61. The van der Waals surface area contributed by atoms with Gasteiger partial charge in [-0.2, -0.15) is 0 Å². The van der Waals surface area contributed by atoms with Crippen LogP contribution in [0.4, 0.5) is 0 Å². The molecule has 11 aromatic rings. The van der Waals surface area contributed by atoms with E-state index in [-0.39, 0.29) is 5.92 Å². The molecule has 12 rings (SSSR count). The Morgan fingerprint density at radius 2 is 0.791 bits per heavy atom. The highest BCUT2D eigenvalue weighted by atomic mass is 14.5. The molecular weight excluding hydrogens is 805 g/mol. The van der Waals surface area contributed by atoms with Gasteiger partial charge in [-0.1, -0.05) is 267 Å². The first-order valence-electron chi connectivity index (χ1n) is 23.5. The van der Waals surface area contributed by atoms with Crippen LogP contribution < -0.4 is 0 Å². The van der Waals surface area contributed by atoms with Crippen LogP contribution in [-0.4, -0.2) is 0 Å². The molecule has 1 aliphatic rings. The first kappa shape index (κ1) is 40.2. The minimum absolute atomic E-state index is 0.225. The SMILES string of the molecule is c1ccc(-c2ccc(C(Cc3ccc(-c4ccc5c(c4)C(c4ccccc4)(c4ccccc4)c4c(-c6ccccc6)ccc(-c6cccc7ccccc67)c4-5)cc3)c3ccccc3)cc2)cc1. The second kappa shape index (κ2) is 17.2. The maximum Gasteiger partial charge on any atom is 0.0720 e. The van der Waals surface area contributed by atoms with Crippen molar-refractivity contribution in [1.82, 2.24) is 0 Å². The van der Waals surface area contributed by atoms with Crippen LogP contribution in [0.5, 0.6) is 0 Å². The number of hydrogen-bond acceptors (Lipinski definition) is 0. The standard InChI is InChI=1S/C67H48/c1-6-19-48(20-7-1)49-37-39-54(40-38-49)63(53-23-10-3-11-24-53)45-47-33-35-50(36-34-47)55-41-42-62-64(46-55)67(56-27-12-4-13-28-56,57-29-14-5-15-30-57)66-59(52-21-8-2-9-22-52)43-44-61(65(62)66)60-32-18-26-51-25-16-17-31-58(51)60/h1-44,46,63H,45H2. The highest BCUT2D eigenvalue weighted by Gasteiger charge is 2.49. The summed E-state index contributed by atoms with van der Waals surface area (Å²) >= 11 is 0. The summed E-state index contributed by atoms with van der Waals surface area (Å²) in [6, 6.07) is 101. The maximum atomic E-state index is 2.51. The molecule has 316 valence electrons. The van der Waals surface area contributed by atoms with E-state index in [1.807, 2.05) is 0 Å². The van der Waals surface area contributed by atoms with Gasteiger partial charge in [-0.15, -0.1) is 0 Å². The van der Waals surface area contributed by atoms with Crippen LogP contribution in [0.25, 0.3) is 66.4 Å². The van der Waals surface area contributed by atoms with Crippen LogP contribution in [0.1, 0.15) is 44.9 Å². The summed E-state index contributed by atoms with van der Waals surface area (Å²) in [4.78, 5) is 0. The zero-order valence-electron chi connectivity index (χ0n) is 37.3. The fraction of sp³-hybridized carbons (Fsp3) is 0.0448. The second-order valence-corrected chi connectivity index (χ2v) is 17.9. The van der Waals surface area contributed by atoms with Gasteiger partial charge in [0.1, 0.15) is 0 Å². The van der Waals surface area contributed by atoms with E-state index in [1.54, 1.807) is 0 Å². The zero-order chi connectivity index (χ0) is 44.6. The van der Waals surface area contributed by atoms with Crippen molar-refractivity contribution in [3.63, 3.8) is 0 Å². The summed E-state index contributed by atoms with van der Waals surface area (Å²) in [6.45, 7) is 0. The number of benzene rings is 11. The van der Waals surface area contributed by atoms with Gasteiger partial charge in [0, 0.05) is 5.92 Å². The lowest BCUT2D eigenvalue weighted by Gasteiger charge is -2.35. The Balaban J connectivity index is 1.02. The Labute approximate surface area is 394 Å². The molecular formula is C67H48. The molecule has 0 aromatic heterocycles. The van der Waals surface area contributed by atoms with Gasteiger partial charge in [-0.3, -0.25) is 0 Å². The van der Waals surface area contributed by atoms with Crippen LogP contribution in [0.3, 0.4) is 0 Å². The van der Waals surface area contributed by atoms with Gasteiger partial charge in [0.15, 0.2) is 0 Å². The fourth-order valence-corrected chi connectivity index (χ4v) is 11.1. The zero-order valence-corrected chi connectivity index (χ0v) is 37.3. The molecule has 0 nitrogen and oxygen atoms in total. The van der Waals surface area contributed by atoms with E-state index >= 15 is 0 Å². The summed E-state index contributed by atoms with van der Waals surface area (Å²) in [7, 11) is 0. The summed E-state index contributed by atoms with van der Waals surface area (Å²) in [6.07, 6.45) is 0.902. The van der Waals surface area contributed by atoms with Crippen molar-refractivity contribution >= 4 is 10.8 Å². The van der Waals surface area contributed by atoms with Gasteiger partial charge in [0.2, 0.25) is 0 Å². The lowest BCUT2D eigenvalue weighted by atomic mass is 9.65. The summed E-state index contributed by atoms with van der Waals surface area (Å²) in [5.41, 5.74) is 20.9. The molecule has 0 saturated carbocycles. The molecule has 1 unspecified atom stereocenters. The van der Waals surface area contributed by atoms with Gasteiger partial charge < -0.3 is 0 Å². The molecule has 0 spiro atoms. The lowest BCUT2D eigenvalue weighted by molar-refractivity contribution is 0.770. The Kier molecular flexibility index (Phi) is 10.3. The molecule has 0 fully saturated rings. The minimum atomic E-state index is -0.617. The third kappa shape index (κ3) is 7.10. The van der Waals surface area contributed by atoms with Crippen LogP contribution in [0.2, 0.25) is 0 Å². The molecule has 0 N–H and O–H groups in total.